The normalized spacial score (nSPS) is 23.0. The third-order valence-electron chi connectivity index (χ3n) is 1.55. The Balaban J connectivity index is 2.14. The van der Waals surface area contributed by atoms with Crippen molar-refractivity contribution in [1.82, 2.24) is 5.43 Å². The van der Waals surface area contributed by atoms with Crippen molar-refractivity contribution in [1.29, 1.82) is 0 Å². The van der Waals surface area contributed by atoms with Gasteiger partial charge in [-0.1, -0.05) is 6.07 Å². The van der Waals surface area contributed by atoms with Crippen LogP contribution in [0.1, 0.15) is 17.3 Å². The van der Waals surface area contributed by atoms with Gasteiger partial charge < -0.3 is 5.43 Å². The van der Waals surface area contributed by atoms with Crippen molar-refractivity contribution >= 4 is 17.6 Å². The molecule has 52 valence electrons. The predicted octanol–water partition coefficient (Wildman–Crippen LogP) is 1.77. The number of thiophene rings is 1. The van der Waals surface area contributed by atoms with Gasteiger partial charge in [0.15, 0.2) is 0 Å². The van der Waals surface area contributed by atoms with Crippen molar-refractivity contribution in [2.75, 3.05) is 0 Å². The Labute approximate surface area is 63.6 Å². The fraction of sp³-hybridized carbons (Fsp3) is 0.286. The van der Waals surface area contributed by atoms with E-state index in [0.717, 1.165) is 6.42 Å². The van der Waals surface area contributed by atoms with E-state index in [9.17, 15) is 0 Å². The van der Waals surface area contributed by atoms with Crippen LogP contribution in [0.3, 0.4) is 0 Å². The summed E-state index contributed by atoms with van der Waals surface area (Å²) in [4.78, 5) is 1.37. The first-order valence-electron chi connectivity index (χ1n) is 3.27. The van der Waals surface area contributed by atoms with Crippen molar-refractivity contribution in [3.63, 3.8) is 0 Å². The molecule has 10 heavy (non-hydrogen) atoms. The zero-order valence-corrected chi connectivity index (χ0v) is 6.27. The summed E-state index contributed by atoms with van der Waals surface area (Å²) in [6.45, 7) is 0. The van der Waals surface area contributed by atoms with Crippen LogP contribution < -0.4 is 5.43 Å². The van der Waals surface area contributed by atoms with Crippen molar-refractivity contribution in [3.8, 4) is 0 Å². The molecule has 1 aliphatic heterocycles. The van der Waals surface area contributed by atoms with Gasteiger partial charge in [-0.15, -0.1) is 11.3 Å². The molecule has 0 fully saturated rings. The van der Waals surface area contributed by atoms with Crippen molar-refractivity contribution in [2.45, 2.75) is 12.5 Å². The molecule has 0 aliphatic carbocycles. The van der Waals surface area contributed by atoms with Crippen molar-refractivity contribution in [2.24, 2.45) is 5.10 Å². The average Bonchev–Trinajstić information content (AvgIpc) is 2.59. The molecular formula is C7H8N2S. The SMILES string of the molecule is C1=NNC(c2cccs2)C1. The van der Waals surface area contributed by atoms with Crippen LogP contribution in [-0.4, -0.2) is 6.21 Å². The lowest BCUT2D eigenvalue weighted by Gasteiger charge is -2.04. The van der Waals surface area contributed by atoms with Crippen LogP contribution in [0.4, 0.5) is 0 Å². The Bertz CT molecular complexity index is 220. The molecule has 1 aromatic heterocycles. The molecule has 0 saturated carbocycles. The van der Waals surface area contributed by atoms with Gasteiger partial charge in [0.2, 0.25) is 0 Å². The third-order valence-corrected chi connectivity index (χ3v) is 2.54. The van der Waals surface area contributed by atoms with Gasteiger partial charge in [0.1, 0.15) is 0 Å². The molecule has 1 unspecified atom stereocenters. The lowest BCUT2D eigenvalue weighted by atomic mass is 10.2. The lowest BCUT2D eigenvalue weighted by Crippen LogP contribution is -2.07. The fourth-order valence-corrected chi connectivity index (χ4v) is 1.81. The van der Waals surface area contributed by atoms with E-state index in [-0.39, 0.29) is 0 Å². The third kappa shape index (κ3) is 0.926. The molecule has 1 aliphatic rings. The second kappa shape index (κ2) is 2.42. The first kappa shape index (κ1) is 5.92. The summed E-state index contributed by atoms with van der Waals surface area (Å²) in [7, 11) is 0. The summed E-state index contributed by atoms with van der Waals surface area (Å²) in [5.41, 5.74) is 3.04. The quantitative estimate of drug-likeness (QED) is 0.651. The maximum Gasteiger partial charge on any atom is 0.0831 e. The fourth-order valence-electron chi connectivity index (χ4n) is 1.02. The lowest BCUT2D eigenvalue weighted by molar-refractivity contribution is 0.631. The summed E-state index contributed by atoms with van der Waals surface area (Å²) in [6.07, 6.45) is 2.95. The maximum absolute atomic E-state index is 3.95. The van der Waals surface area contributed by atoms with Crippen LogP contribution in [0.5, 0.6) is 0 Å². The average molecular weight is 152 g/mol. The van der Waals surface area contributed by atoms with Gasteiger partial charge in [-0.2, -0.15) is 5.10 Å². The molecule has 3 heteroatoms. The van der Waals surface area contributed by atoms with Crippen LogP contribution in [0.15, 0.2) is 22.6 Å². The largest absolute Gasteiger partial charge is 0.302 e. The second-order valence-electron chi connectivity index (χ2n) is 2.24. The Morgan fingerprint density at radius 2 is 2.70 bits per heavy atom. The predicted molar refractivity (Wildman–Crippen MR) is 43.3 cm³/mol. The smallest absolute Gasteiger partial charge is 0.0831 e. The van der Waals surface area contributed by atoms with E-state index in [4.69, 9.17) is 0 Å². The van der Waals surface area contributed by atoms with Gasteiger partial charge in [-0.3, -0.25) is 0 Å². The van der Waals surface area contributed by atoms with Crippen LogP contribution in [0.2, 0.25) is 0 Å². The molecule has 0 amide bonds. The molecule has 0 radical (unpaired) electrons. The second-order valence-corrected chi connectivity index (χ2v) is 3.22. The molecule has 1 aromatic rings. The van der Waals surface area contributed by atoms with Gasteiger partial charge in [-0.05, 0) is 11.4 Å². The van der Waals surface area contributed by atoms with Crippen molar-refractivity contribution < 1.29 is 0 Å². The summed E-state index contributed by atoms with van der Waals surface area (Å²) in [5.74, 6) is 0. The molecular weight excluding hydrogens is 144 g/mol. The first-order valence-corrected chi connectivity index (χ1v) is 4.15. The highest BCUT2D eigenvalue weighted by Gasteiger charge is 2.12. The Morgan fingerprint density at radius 3 is 3.30 bits per heavy atom. The highest BCUT2D eigenvalue weighted by atomic mass is 32.1. The monoisotopic (exact) mass is 152 g/mol. The van der Waals surface area contributed by atoms with Crippen LogP contribution in [0.25, 0.3) is 0 Å². The van der Waals surface area contributed by atoms with Gasteiger partial charge in [0.25, 0.3) is 0 Å². The summed E-state index contributed by atoms with van der Waals surface area (Å²) in [6, 6.07) is 4.65. The Hall–Kier alpha value is -0.830. The highest BCUT2D eigenvalue weighted by Crippen LogP contribution is 2.22. The zero-order chi connectivity index (χ0) is 6.81. The molecule has 0 spiro atoms. The molecule has 0 aromatic carbocycles. The van der Waals surface area contributed by atoms with Crippen LogP contribution in [-0.2, 0) is 0 Å². The standard InChI is InChI=1S/C7H8N2S/c1-2-7(10-5-1)6-3-4-8-9-6/h1-2,4-6,9H,3H2. The topological polar surface area (TPSA) is 24.4 Å². The molecule has 1 atom stereocenters. The Morgan fingerprint density at radius 1 is 1.70 bits per heavy atom. The van der Waals surface area contributed by atoms with E-state index >= 15 is 0 Å². The maximum atomic E-state index is 3.95. The number of hydrogen-bond donors (Lipinski definition) is 1. The summed E-state index contributed by atoms with van der Waals surface area (Å²) < 4.78 is 0. The molecule has 2 nitrogen and oxygen atoms in total. The number of nitrogens with one attached hydrogen (secondary N) is 1. The van der Waals surface area contributed by atoms with Gasteiger partial charge in [-0.25, -0.2) is 0 Å². The Kier molecular flexibility index (Phi) is 1.43. The summed E-state index contributed by atoms with van der Waals surface area (Å²) in [5, 5.41) is 6.04. The zero-order valence-electron chi connectivity index (χ0n) is 5.45. The molecule has 1 N–H and O–H groups in total. The highest BCUT2D eigenvalue weighted by molar-refractivity contribution is 7.10. The van der Waals surface area contributed by atoms with Crippen molar-refractivity contribution in [3.05, 3.63) is 22.4 Å². The van der Waals surface area contributed by atoms with Gasteiger partial charge in [0.05, 0.1) is 6.04 Å². The minimum atomic E-state index is 0.444. The molecule has 2 rings (SSSR count). The number of hydrazone groups is 1. The van der Waals surface area contributed by atoms with Crippen LogP contribution >= 0.6 is 11.3 Å². The minimum absolute atomic E-state index is 0.444. The van der Waals surface area contributed by atoms with E-state index in [1.165, 1.54) is 4.88 Å². The van der Waals surface area contributed by atoms with Gasteiger partial charge in [0, 0.05) is 17.5 Å². The molecule has 2 heterocycles. The first-order chi connectivity index (χ1) is 4.97. The van der Waals surface area contributed by atoms with E-state index in [1.54, 1.807) is 11.3 Å². The minimum Gasteiger partial charge on any atom is -0.302 e. The van der Waals surface area contributed by atoms with E-state index in [1.807, 2.05) is 6.21 Å². The number of nitrogens with zero attached hydrogens (tertiary/aromatic N) is 1. The summed E-state index contributed by atoms with van der Waals surface area (Å²) >= 11 is 1.78. The van der Waals surface area contributed by atoms with E-state index in [2.05, 4.69) is 28.0 Å². The number of hydrogen-bond acceptors (Lipinski definition) is 3. The van der Waals surface area contributed by atoms with E-state index in [0.29, 0.717) is 6.04 Å². The number of rotatable bonds is 1. The molecule has 0 bridgehead atoms. The van der Waals surface area contributed by atoms with E-state index < -0.39 is 0 Å². The molecule has 0 saturated heterocycles. The van der Waals surface area contributed by atoms with Crippen LogP contribution in [0, 0.1) is 0 Å². The van der Waals surface area contributed by atoms with Gasteiger partial charge >= 0.3 is 0 Å².